The Bertz CT molecular complexity index is 973. The van der Waals surface area contributed by atoms with Crippen molar-refractivity contribution < 1.29 is 26.7 Å². The van der Waals surface area contributed by atoms with Gasteiger partial charge in [-0.05, 0) is 78.7 Å². The zero-order valence-corrected chi connectivity index (χ0v) is 19.2. The minimum absolute atomic E-state index is 0.140. The molecule has 4 rings (SSSR count). The lowest BCUT2D eigenvalue weighted by molar-refractivity contribution is -0.189. The number of alkyl halides is 2. The highest BCUT2D eigenvalue weighted by Gasteiger charge is 2.39. The highest BCUT2D eigenvalue weighted by atomic mass is 19.3. The van der Waals surface area contributed by atoms with E-state index in [9.17, 15) is 22.0 Å². The molecule has 0 aromatic heterocycles. The highest BCUT2D eigenvalue weighted by Crippen LogP contribution is 2.41. The van der Waals surface area contributed by atoms with Gasteiger partial charge in [0.2, 0.25) is 5.82 Å². The van der Waals surface area contributed by atoms with Crippen LogP contribution in [0.15, 0.2) is 30.3 Å². The average molecular weight is 467 g/mol. The van der Waals surface area contributed by atoms with Crippen LogP contribution in [0.4, 0.5) is 22.0 Å². The third-order valence-electron chi connectivity index (χ3n) is 7.56. The maximum absolute atomic E-state index is 14.8. The van der Waals surface area contributed by atoms with E-state index in [2.05, 4.69) is 18.6 Å². The summed E-state index contributed by atoms with van der Waals surface area (Å²) in [6.07, 6.45) is 2.97. The monoisotopic (exact) mass is 466 g/mol. The van der Waals surface area contributed by atoms with Gasteiger partial charge in [0.05, 0.1) is 5.56 Å². The molecule has 2 saturated carbocycles. The molecule has 33 heavy (non-hydrogen) atoms. The molecular formula is C27H31F5O. The average Bonchev–Trinajstić information content (AvgIpc) is 2.78. The van der Waals surface area contributed by atoms with Crippen molar-refractivity contribution in [1.29, 1.82) is 0 Å². The van der Waals surface area contributed by atoms with E-state index in [0.29, 0.717) is 17.4 Å². The molecule has 2 aromatic carbocycles. The molecule has 0 N–H and O–H groups in total. The van der Waals surface area contributed by atoms with Gasteiger partial charge in [0.15, 0.2) is 11.6 Å². The van der Waals surface area contributed by atoms with Crippen molar-refractivity contribution in [2.75, 3.05) is 0 Å². The molecule has 0 radical (unpaired) electrons. The van der Waals surface area contributed by atoms with Crippen molar-refractivity contribution in [1.82, 2.24) is 0 Å². The predicted octanol–water partition coefficient (Wildman–Crippen LogP) is 8.82. The van der Waals surface area contributed by atoms with Crippen molar-refractivity contribution in [2.24, 2.45) is 11.8 Å². The Labute approximate surface area is 192 Å². The first-order chi connectivity index (χ1) is 15.7. The Morgan fingerprint density at radius 1 is 0.727 bits per heavy atom. The van der Waals surface area contributed by atoms with Crippen molar-refractivity contribution >= 4 is 0 Å². The third kappa shape index (κ3) is 5.20. The number of hydrogen-bond donors (Lipinski definition) is 0. The lowest BCUT2D eigenvalue weighted by Crippen LogP contribution is -2.24. The zero-order chi connectivity index (χ0) is 23.8. The van der Waals surface area contributed by atoms with Crippen LogP contribution in [-0.2, 0) is 6.11 Å². The molecule has 0 saturated heterocycles. The van der Waals surface area contributed by atoms with Crippen LogP contribution in [0, 0.1) is 29.3 Å². The second-order valence-electron chi connectivity index (χ2n) is 10.1. The molecule has 0 heterocycles. The van der Waals surface area contributed by atoms with Crippen LogP contribution < -0.4 is 4.74 Å². The Hall–Kier alpha value is -2.11. The van der Waals surface area contributed by atoms with Crippen molar-refractivity contribution in [3.05, 3.63) is 64.5 Å². The lowest BCUT2D eigenvalue weighted by Gasteiger charge is -2.27. The smallest absolute Gasteiger partial charge is 0.426 e. The first-order valence-corrected chi connectivity index (χ1v) is 12.0. The maximum atomic E-state index is 14.8. The quantitative estimate of drug-likeness (QED) is 0.400. The molecule has 2 fully saturated rings. The van der Waals surface area contributed by atoms with E-state index in [1.165, 1.54) is 12.1 Å². The van der Waals surface area contributed by atoms with Crippen LogP contribution in [0.25, 0.3) is 0 Å². The zero-order valence-electron chi connectivity index (χ0n) is 19.2. The summed E-state index contributed by atoms with van der Waals surface area (Å²) in [4.78, 5) is 0. The molecule has 0 unspecified atom stereocenters. The summed E-state index contributed by atoms with van der Waals surface area (Å²) in [5.74, 6) is -3.49. The van der Waals surface area contributed by atoms with Gasteiger partial charge in [0, 0.05) is 0 Å². The minimum Gasteiger partial charge on any atom is -0.426 e. The topological polar surface area (TPSA) is 9.23 Å². The molecule has 0 atom stereocenters. The van der Waals surface area contributed by atoms with Crippen LogP contribution in [0.2, 0.25) is 0 Å². The molecule has 6 heteroatoms. The molecule has 1 nitrogen and oxygen atoms in total. The summed E-state index contributed by atoms with van der Waals surface area (Å²) >= 11 is 0. The summed E-state index contributed by atoms with van der Waals surface area (Å²) in [6.45, 7) is 4.29. The van der Waals surface area contributed by atoms with Gasteiger partial charge in [-0.2, -0.15) is 13.2 Å². The van der Waals surface area contributed by atoms with Crippen LogP contribution in [0.3, 0.4) is 0 Å². The Balaban J connectivity index is 1.52. The van der Waals surface area contributed by atoms with E-state index in [0.717, 1.165) is 69.6 Å². The SMILES string of the molecule is CC1CCC(c2ccc(C(F)(F)Oc3ccc(C4CCC(C)CC4)c(F)c3F)c(F)c2)CC1. The molecule has 0 aliphatic heterocycles. The molecule has 2 aliphatic carbocycles. The van der Waals surface area contributed by atoms with E-state index >= 15 is 0 Å². The molecule has 0 spiro atoms. The Morgan fingerprint density at radius 3 is 1.88 bits per heavy atom. The predicted molar refractivity (Wildman–Crippen MR) is 118 cm³/mol. The van der Waals surface area contributed by atoms with Crippen LogP contribution in [0.5, 0.6) is 5.75 Å². The normalized spacial score (nSPS) is 26.3. The van der Waals surface area contributed by atoms with Gasteiger partial charge >= 0.3 is 6.11 Å². The van der Waals surface area contributed by atoms with Gasteiger partial charge in [0.1, 0.15) is 5.82 Å². The van der Waals surface area contributed by atoms with Crippen LogP contribution >= 0.6 is 0 Å². The number of halogens is 5. The van der Waals surface area contributed by atoms with Gasteiger partial charge in [-0.15, -0.1) is 0 Å². The summed E-state index contributed by atoms with van der Waals surface area (Å²) in [6, 6.07) is 5.94. The number of ether oxygens (including phenoxy) is 1. The molecule has 0 bridgehead atoms. The summed E-state index contributed by atoms with van der Waals surface area (Å²) in [5, 5.41) is 0. The van der Waals surface area contributed by atoms with E-state index in [4.69, 9.17) is 0 Å². The van der Waals surface area contributed by atoms with Crippen molar-refractivity contribution in [2.45, 2.75) is 83.2 Å². The van der Waals surface area contributed by atoms with E-state index < -0.39 is 34.9 Å². The van der Waals surface area contributed by atoms with Crippen molar-refractivity contribution in [3.8, 4) is 5.75 Å². The third-order valence-corrected chi connectivity index (χ3v) is 7.56. The molecule has 2 aliphatic rings. The number of benzene rings is 2. The van der Waals surface area contributed by atoms with Crippen LogP contribution in [0.1, 0.15) is 93.7 Å². The second-order valence-corrected chi connectivity index (χ2v) is 10.1. The Morgan fingerprint density at radius 2 is 1.30 bits per heavy atom. The molecule has 2 aromatic rings. The van der Waals surface area contributed by atoms with E-state index in [-0.39, 0.29) is 17.4 Å². The van der Waals surface area contributed by atoms with E-state index in [1.54, 1.807) is 0 Å². The first-order valence-electron chi connectivity index (χ1n) is 12.0. The summed E-state index contributed by atoms with van der Waals surface area (Å²) < 4.78 is 78.2. The fourth-order valence-electron chi connectivity index (χ4n) is 5.32. The summed E-state index contributed by atoms with van der Waals surface area (Å²) in [7, 11) is 0. The van der Waals surface area contributed by atoms with E-state index in [1.807, 2.05) is 0 Å². The number of rotatable bonds is 5. The summed E-state index contributed by atoms with van der Waals surface area (Å²) in [5.41, 5.74) is -0.115. The highest BCUT2D eigenvalue weighted by molar-refractivity contribution is 5.35. The fourth-order valence-corrected chi connectivity index (χ4v) is 5.32. The minimum atomic E-state index is -4.14. The second kappa shape index (κ2) is 9.63. The van der Waals surface area contributed by atoms with Crippen molar-refractivity contribution in [3.63, 3.8) is 0 Å². The largest absolute Gasteiger partial charge is 0.429 e. The fraction of sp³-hybridized carbons (Fsp3) is 0.556. The molecule has 0 amide bonds. The lowest BCUT2D eigenvalue weighted by atomic mass is 9.79. The standard InChI is InChI=1S/C27H31F5O/c1-16-3-7-18(8-4-16)20-11-13-22(23(28)15-20)27(31,32)33-24-14-12-21(25(29)26(24)30)19-9-5-17(2)6-10-19/h11-19H,3-10H2,1-2H3. The van der Waals surface area contributed by atoms with Gasteiger partial charge in [-0.3, -0.25) is 0 Å². The molecular weight excluding hydrogens is 435 g/mol. The Kier molecular flexibility index (Phi) is 7.01. The maximum Gasteiger partial charge on any atom is 0.429 e. The van der Waals surface area contributed by atoms with Gasteiger partial charge < -0.3 is 4.74 Å². The first kappa shape index (κ1) is 24.0. The van der Waals surface area contributed by atoms with Gasteiger partial charge in [-0.1, -0.05) is 51.7 Å². The molecule has 180 valence electrons. The van der Waals surface area contributed by atoms with Crippen LogP contribution in [-0.4, -0.2) is 0 Å². The van der Waals surface area contributed by atoms with Gasteiger partial charge in [-0.25, -0.2) is 8.78 Å². The van der Waals surface area contributed by atoms with Gasteiger partial charge in [0.25, 0.3) is 0 Å². The number of hydrogen-bond acceptors (Lipinski definition) is 1.